The molecule has 1 atom stereocenters. The van der Waals surface area contributed by atoms with Crippen molar-refractivity contribution >= 4 is 5.97 Å². The Morgan fingerprint density at radius 3 is 3.11 bits per heavy atom. The summed E-state index contributed by atoms with van der Waals surface area (Å²) in [5.74, 6) is 0.0464. The minimum Gasteiger partial charge on any atom is -0.481 e. The molecule has 18 heavy (non-hydrogen) atoms. The minimum atomic E-state index is -0.717. The fourth-order valence-electron chi connectivity index (χ4n) is 2.50. The lowest BCUT2D eigenvalue weighted by Gasteiger charge is -2.34. The zero-order chi connectivity index (χ0) is 13.0. The van der Waals surface area contributed by atoms with Crippen LogP contribution in [0.4, 0.5) is 0 Å². The Morgan fingerprint density at radius 1 is 1.56 bits per heavy atom. The molecule has 1 aromatic heterocycles. The zero-order valence-electron chi connectivity index (χ0n) is 10.7. The summed E-state index contributed by atoms with van der Waals surface area (Å²) in [7, 11) is 0. The topological polar surface area (TPSA) is 66.3 Å². The molecule has 0 radical (unpaired) electrons. The summed E-state index contributed by atoms with van der Waals surface area (Å²) in [5.41, 5.74) is 0.972. The lowest BCUT2D eigenvalue weighted by molar-refractivity contribution is -0.138. The summed E-state index contributed by atoms with van der Waals surface area (Å²) >= 11 is 0. The predicted octanol–water partition coefficient (Wildman–Crippen LogP) is 1.61. The lowest BCUT2D eigenvalue weighted by Crippen LogP contribution is -2.40. The molecule has 1 aliphatic heterocycles. The van der Waals surface area contributed by atoms with Gasteiger partial charge < -0.3 is 5.11 Å². The van der Waals surface area contributed by atoms with E-state index in [9.17, 15) is 4.79 Å². The minimum absolute atomic E-state index is 0.145. The third-order valence-electron chi connectivity index (χ3n) is 3.36. The normalized spacial score (nSPS) is 20.8. The summed E-state index contributed by atoms with van der Waals surface area (Å²) in [4.78, 5) is 21.6. The number of aliphatic carboxylic acids is 1. The van der Waals surface area contributed by atoms with Crippen LogP contribution in [-0.4, -0.2) is 38.5 Å². The zero-order valence-corrected chi connectivity index (χ0v) is 10.7. The molecule has 1 aromatic rings. The van der Waals surface area contributed by atoms with Crippen LogP contribution >= 0.6 is 0 Å². The molecule has 0 aliphatic carbocycles. The first kappa shape index (κ1) is 13.0. The summed E-state index contributed by atoms with van der Waals surface area (Å²) in [5, 5.41) is 8.94. The van der Waals surface area contributed by atoms with Crippen LogP contribution in [0.2, 0.25) is 0 Å². The Balaban J connectivity index is 2.03. The Hall–Kier alpha value is -1.49. The van der Waals surface area contributed by atoms with Crippen LogP contribution in [0.15, 0.2) is 12.3 Å². The first-order valence-corrected chi connectivity index (χ1v) is 6.39. The van der Waals surface area contributed by atoms with Crippen molar-refractivity contribution in [1.29, 1.82) is 0 Å². The van der Waals surface area contributed by atoms with E-state index in [1.807, 2.05) is 13.0 Å². The number of nitrogens with zero attached hydrogens (tertiary/aromatic N) is 3. The van der Waals surface area contributed by atoms with E-state index in [0.717, 1.165) is 43.9 Å². The van der Waals surface area contributed by atoms with E-state index >= 15 is 0 Å². The van der Waals surface area contributed by atoms with Crippen molar-refractivity contribution in [2.24, 2.45) is 0 Å². The molecular formula is C13H19N3O2. The van der Waals surface area contributed by atoms with Gasteiger partial charge in [-0.05, 0) is 32.4 Å². The molecule has 98 valence electrons. The van der Waals surface area contributed by atoms with Crippen LogP contribution in [-0.2, 0) is 11.3 Å². The maximum atomic E-state index is 10.9. The van der Waals surface area contributed by atoms with Crippen LogP contribution < -0.4 is 0 Å². The number of hydrogen-bond acceptors (Lipinski definition) is 4. The molecule has 1 N–H and O–H groups in total. The summed E-state index contributed by atoms with van der Waals surface area (Å²) < 4.78 is 0. The quantitative estimate of drug-likeness (QED) is 0.878. The Labute approximate surface area is 107 Å². The summed E-state index contributed by atoms with van der Waals surface area (Å²) in [6, 6.07) is 2.05. The fraction of sp³-hybridized carbons (Fsp3) is 0.615. The Bertz CT molecular complexity index is 422. The van der Waals surface area contributed by atoms with Crippen molar-refractivity contribution in [2.75, 3.05) is 6.54 Å². The van der Waals surface area contributed by atoms with E-state index in [1.165, 1.54) is 0 Å². The van der Waals surface area contributed by atoms with Crippen molar-refractivity contribution in [3.8, 4) is 0 Å². The number of carboxylic acids is 1. The van der Waals surface area contributed by atoms with Gasteiger partial charge in [0, 0.05) is 18.8 Å². The van der Waals surface area contributed by atoms with Gasteiger partial charge in [0.1, 0.15) is 5.82 Å². The van der Waals surface area contributed by atoms with Crippen molar-refractivity contribution in [3.63, 3.8) is 0 Å². The maximum absolute atomic E-state index is 10.9. The third-order valence-corrected chi connectivity index (χ3v) is 3.36. The number of likely N-dealkylation sites (tertiary alicyclic amines) is 1. The van der Waals surface area contributed by atoms with E-state index in [1.54, 1.807) is 6.20 Å². The van der Waals surface area contributed by atoms with Gasteiger partial charge in [-0.1, -0.05) is 6.42 Å². The molecule has 5 heteroatoms. The largest absolute Gasteiger partial charge is 0.481 e. The summed E-state index contributed by atoms with van der Waals surface area (Å²) in [6.45, 7) is 3.55. The van der Waals surface area contributed by atoms with Gasteiger partial charge in [-0.15, -0.1) is 0 Å². The highest BCUT2D eigenvalue weighted by atomic mass is 16.4. The average molecular weight is 249 g/mol. The first-order valence-electron chi connectivity index (χ1n) is 6.39. The number of carboxylic acid groups (broad SMARTS) is 1. The molecule has 1 aliphatic rings. The molecule has 1 fully saturated rings. The van der Waals surface area contributed by atoms with Crippen LogP contribution in [0, 0.1) is 6.92 Å². The molecule has 2 heterocycles. The monoisotopic (exact) mass is 249 g/mol. The second-order valence-corrected chi connectivity index (χ2v) is 4.81. The van der Waals surface area contributed by atoms with E-state index < -0.39 is 5.97 Å². The van der Waals surface area contributed by atoms with E-state index in [2.05, 4.69) is 14.9 Å². The van der Waals surface area contributed by atoms with E-state index in [0.29, 0.717) is 0 Å². The fourth-order valence-corrected chi connectivity index (χ4v) is 2.50. The van der Waals surface area contributed by atoms with E-state index in [4.69, 9.17) is 5.11 Å². The lowest BCUT2D eigenvalue weighted by atomic mass is 9.99. The van der Waals surface area contributed by atoms with Gasteiger partial charge >= 0.3 is 5.97 Å². The van der Waals surface area contributed by atoms with Gasteiger partial charge in [-0.25, -0.2) is 9.97 Å². The number of aromatic nitrogens is 2. The van der Waals surface area contributed by atoms with Gasteiger partial charge in [-0.2, -0.15) is 0 Å². The van der Waals surface area contributed by atoms with Crippen molar-refractivity contribution in [2.45, 2.75) is 45.2 Å². The predicted molar refractivity (Wildman–Crippen MR) is 67.1 cm³/mol. The molecular weight excluding hydrogens is 230 g/mol. The second kappa shape index (κ2) is 5.91. The molecule has 5 nitrogen and oxygen atoms in total. The molecule has 0 spiro atoms. The second-order valence-electron chi connectivity index (χ2n) is 4.81. The number of rotatable bonds is 4. The SMILES string of the molecule is Cc1nccc(CN2CCCCC2CC(=O)O)n1. The van der Waals surface area contributed by atoms with Gasteiger partial charge in [-0.3, -0.25) is 9.69 Å². The molecule has 0 bridgehead atoms. The highest BCUT2D eigenvalue weighted by Crippen LogP contribution is 2.21. The number of carbonyl (C=O) groups is 1. The number of piperidine rings is 1. The summed E-state index contributed by atoms with van der Waals surface area (Å²) in [6.07, 6.45) is 5.21. The molecule has 0 saturated carbocycles. The standard InChI is InChI=1S/C13H19N3O2/c1-10-14-6-5-11(15-10)9-16-7-3-2-4-12(16)8-13(17)18/h5-6,12H,2-4,7-9H2,1H3,(H,17,18). The van der Waals surface area contributed by atoms with Crippen molar-refractivity contribution in [1.82, 2.24) is 14.9 Å². The Morgan fingerprint density at radius 2 is 2.39 bits per heavy atom. The maximum Gasteiger partial charge on any atom is 0.304 e. The number of aryl methyl sites for hydroxylation is 1. The number of hydrogen-bond donors (Lipinski definition) is 1. The van der Waals surface area contributed by atoms with Crippen LogP contribution in [0.1, 0.15) is 37.2 Å². The molecule has 0 amide bonds. The smallest absolute Gasteiger partial charge is 0.304 e. The van der Waals surface area contributed by atoms with Gasteiger partial charge in [0.2, 0.25) is 0 Å². The van der Waals surface area contributed by atoms with Gasteiger partial charge in [0.05, 0.1) is 12.1 Å². The molecule has 1 saturated heterocycles. The highest BCUT2D eigenvalue weighted by Gasteiger charge is 2.24. The van der Waals surface area contributed by atoms with Gasteiger partial charge in [0.25, 0.3) is 0 Å². The molecule has 2 rings (SSSR count). The average Bonchev–Trinajstić information content (AvgIpc) is 2.31. The molecule has 1 unspecified atom stereocenters. The van der Waals surface area contributed by atoms with Crippen LogP contribution in [0.25, 0.3) is 0 Å². The Kier molecular flexibility index (Phi) is 4.25. The third kappa shape index (κ3) is 3.50. The van der Waals surface area contributed by atoms with Crippen LogP contribution in [0.5, 0.6) is 0 Å². The first-order chi connectivity index (χ1) is 8.65. The van der Waals surface area contributed by atoms with Crippen LogP contribution in [0.3, 0.4) is 0 Å². The van der Waals surface area contributed by atoms with E-state index in [-0.39, 0.29) is 12.5 Å². The van der Waals surface area contributed by atoms with Crippen molar-refractivity contribution < 1.29 is 9.90 Å². The van der Waals surface area contributed by atoms with Crippen molar-refractivity contribution in [3.05, 3.63) is 23.8 Å². The van der Waals surface area contributed by atoms with Gasteiger partial charge in [0.15, 0.2) is 0 Å². The highest BCUT2D eigenvalue weighted by molar-refractivity contribution is 5.67. The molecule has 0 aromatic carbocycles.